The van der Waals surface area contributed by atoms with Crippen LogP contribution in [0.3, 0.4) is 0 Å². The first-order valence-corrected chi connectivity index (χ1v) is 4.43. The van der Waals surface area contributed by atoms with Crippen LogP contribution in [0.1, 0.15) is 6.92 Å². The lowest BCUT2D eigenvalue weighted by molar-refractivity contribution is 0.318. The fraction of sp³-hybridized carbons (Fsp3) is 0.250. The zero-order valence-electron chi connectivity index (χ0n) is 6.17. The molecule has 0 aliphatic rings. The van der Waals surface area contributed by atoms with Crippen molar-refractivity contribution in [3.63, 3.8) is 0 Å². The normalized spacial score (nSPS) is 9.64. The van der Waals surface area contributed by atoms with Crippen LogP contribution in [0.2, 0.25) is 0 Å². The second kappa shape index (κ2) is 3.80. The third-order valence-electron chi connectivity index (χ3n) is 1.22. The molecule has 0 aromatic heterocycles. The topological polar surface area (TPSA) is 29.5 Å². The zero-order valence-corrected chi connectivity index (χ0v) is 8.33. The fourth-order valence-electron chi connectivity index (χ4n) is 0.768. The Morgan fingerprint density at radius 3 is 2.82 bits per heavy atom. The largest absolute Gasteiger partial charge is 0.504 e. The van der Waals surface area contributed by atoms with E-state index < -0.39 is 0 Å². The van der Waals surface area contributed by atoms with Crippen molar-refractivity contribution in [2.75, 3.05) is 6.61 Å². The number of hydrogen-bond acceptors (Lipinski definition) is 2. The Balaban J connectivity index is 2.90. The highest BCUT2D eigenvalue weighted by Gasteiger charge is 2.00. The molecule has 11 heavy (non-hydrogen) atoms. The van der Waals surface area contributed by atoms with Gasteiger partial charge in [0.15, 0.2) is 11.5 Å². The summed E-state index contributed by atoms with van der Waals surface area (Å²) in [5, 5.41) is 9.29. The summed E-state index contributed by atoms with van der Waals surface area (Å²) >= 11 is 2.13. The highest BCUT2D eigenvalue weighted by Crippen LogP contribution is 2.26. The predicted molar refractivity (Wildman–Crippen MR) is 52.0 cm³/mol. The lowest BCUT2D eigenvalue weighted by Crippen LogP contribution is -1.91. The van der Waals surface area contributed by atoms with Crippen LogP contribution in [-0.4, -0.2) is 11.7 Å². The lowest BCUT2D eigenvalue weighted by atomic mass is 10.3. The second-order valence-corrected chi connectivity index (χ2v) is 3.29. The highest BCUT2D eigenvalue weighted by molar-refractivity contribution is 14.1. The average molecular weight is 264 g/mol. The quantitative estimate of drug-likeness (QED) is 0.831. The minimum absolute atomic E-state index is 0.207. The number of aromatic hydroxyl groups is 1. The molecule has 0 heterocycles. The SMILES string of the molecule is CCOc1ccc(I)cc1O. The van der Waals surface area contributed by atoms with Gasteiger partial charge >= 0.3 is 0 Å². The van der Waals surface area contributed by atoms with Gasteiger partial charge in [0, 0.05) is 3.57 Å². The third kappa shape index (κ3) is 2.25. The first-order chi connectivity index (χ1) is 5.24. The molecule has 1 aromatic carbocycles. The van der Waals surface area contributed by atoms with Gasteiger partial charge in [0.25, 0.3) is 0 Å². The fourth-order valence-corrected chi connectivity index (χ4v) is 1.24. The molecule has 0 spiro atoms. The minimum atomic E-state index is 0.207. The molecule has 60 valence electrons. The van der Waals surface area contributed by atoms with Gasteiger partial charge in [-0.2, -0.15) is 0 Å². The molecule has 1 aromatic rings. The summed E-state index contributed by atoms with van der Waals surface area (Å²) in [7, 11) is 0. The monoisotopic (exact) mass is 264 g/mol. The molecule has 0 atom stereocenters. The highest BCUT2D eigenvalue weighted by atomic mass is 127. The number of rotatable bonds is 2. The van der Waals surface area contributed by atoms with Gasteiger partial charge in [-0.05, 0) is 47.7 Å². The van der Waals surface area contributed by atoms with Crippen LogP contribution < -0.4 is 4.74 Å². The molecule has 3 heteroatoms. The number of phenolic OH excluding ortho intramolecular Hbond substituents is 1. The maximum Gasteiger partial charge on any atom is 0.160 e. The molecule has 0 saturated carbocycles. The third-order valence-corrected chi connectivity index (χ3v) is 1.89. The lowest BCUT2D eigenvalue weighted by Gasteiger charge is -2.04. The summed E-state index contributed by atoms with van der Waals surface area (Å²) in [6, 6.07) is 5.33. The van der Waals surface area contributed by atoms with E-state index in [9.17, 15) is 5.11 Å². The Labute approximate surface area is 79.3 Å². The Morgan fingerprint density at radius 2 is 2.27 bits per heavy atom. The van der Waals surface area contributed by atoms with Crippen molar-refractivity contribution < 1.29 is 9.84 Å². The van der Waals surface area contributed by atoms with Crippen LogP contribution in [0.5, 0.6) is 11.5 Å². The summed E-state index contributed by atoms with van der Waals surface area (Å²) in [6.45, 7) is 2.46. The van der Waals surface area contributed by atoms with E-state index in [1.165, 1.54) is 0 Å². The van der Waals surface area contributed by atoms with Gasteiger partial charge in [-0.1, -0.05) is 0 Å². The number of hydrogen-bond donors (Lipinski definition) is 1. The summed E-state index contributed by atoms with van der Waals surface area (Å²) < 4.78 is 6.14. The van der Waals surface area contributed by atoms with Crippen LogP contribution in [0.25, 0.3) is 0 Å². The van der Waals surface area contributed by atoms with E-state index in [2.05, 4.69) is 22.6 Å². The molecular formula is C8H9IO2. The molecule has 0 radical (unpaired) electrons. The maximum absolute atomic E-state index is 9.29. The summed E-state index contributed by atoms with van der Waals surface area (Å²) in [5.74, 6) is 0.756. The molecule has 0 amide bonds. The molecule has 0 saturated heterocycles. The number of benzene rings is 1. The van der Waals surface area contributed by atoms with Crippen molar-refractivity contribution in [1.29, 1.82) is 0 Å². The van der Waals surface area contributed by atoms with Crippen molar-refractivity contribution in [1.82, 2.24) is 0 Å². The van der Waals surface area contributed by atoms with Crippen LogP contribution in [-0.2, 0) is 0 Å². The van der Waals surface area contributed by atoms with Crippen LogP contribution in [0, 0.1) is 3.57 Å². The van der Waals surface area contributed by atoms with Crippen molar-refractivity contribution >= 4 is 22.6 Å². The summed E-state index contributed by atoms with van der Waals surface area (Å²) in [5.41, 5.74) is 0. The van der Waals surface area contributed by atoms with E-state index in [4.69, 9.17) is 4.74 Å². The van der Waals surface area contributed by atoms with E-state index >= 15 is 0 Å². The van der Waals surface area contributed by atoms with E-state index in [1.54, 1.807) is 12.1 Å². The first kappa shape index (κ1) is 8.64. The molecular weight excluding hydrogens is 255 g/mol. The van der Waals surface area contributed by atoms with Crippen molar-refractivity contribution in [3.05, 3.63) is 21.8 Å². The molecule has 1 rings (SSSR count). The molecule has 0 bridgehead atoms. The van der Waals surface area contributed by atoms with Crippen molar-refractivity contribution in [3.8, 4) is 11.5 Å². The second-order valence-electron chi connectivity index (χ2n) is 2.05. The maximum atomic E-state index is 9.29. The van der Waals surface area contributed by atoms with Gasteiger partial charge in [-0.15, -0.1) is 0 Å². The molecule has 0 aliphatic heterocycles. The van der Waals surface area contributed by atoms with Crippen LogP contribution in [0.15, 0.2) is 18.2 Å². The van der Waals surface area contributed by atoms with E-state index in [0.29, 0.717) is 12.4 Å². The summed E-state index contributed by atoms with van der Waals surface area (Å²) in [6.07, 6.45) is 0. The standard InChI is InChI=1S/C8H9IO2/c1-2-11-8-4-3-6(9)5-7(8)10/h3-5,10H,2H2,1H3. The molecule has 1 N–H and O–H groups in total. The first-order valence-electron chi connectivity index (χ1n) is 3.35. The number of ether oxygens (including phenoxy) is 1. The van der Waals surface area contributed by atoms with Gasteiger partial charge in [0.2, 0.25) is 0 Å². The zero-order chi connectivity index (χ0) is 8.27. The van der Waals surface area contributed by atoms with E-state index in [1.807, 2.05) is 13.0 Å². The van der Waals surface area contributed by atoms with Crippen LogP contribution in [0.4, 0.5) is 0 Å². The van der Waals surface area contributed by atoms with Gasteiger partial charge in [-0.25, -0.2) is 0 Å². The summed E-state index contributed by atoms with van der Waals surface area (Å²) in [4.78, 5) is 0. The molecule has 0 unspecified atom stereocenters. The van der Waals surface area contributed by atoms with Gasteiger partial charge in [0.1, 0.15) is 0 Å². The van der Waals surface area contributed by atoms with Gasteiger partial charge in [0.05, 0.1) is 6.61 Å². The van der Waals surface area contributed by atoms with Crippen molar-refractivity contribution in [2.24, 2.45) is 0 Å². The van der Waals surface area contributed by atoms with Crippen molar-refractivity contribution in [2.45, 2.75) is 6.92 Å². The van der Waals surface area contributed by atoms with E-state index in [0.717, 1.165) is 3.57 Å². The molecule has 0 aliphatic carbocycles. The smallest absolute Gasteiger partial charge is 0.160 e. The molecule has 2 nitrogen and oxygen atoms in total. The number of halogens is 1. The Morgan fingerprint density at radius 1 is 1.55 bits per heavy atom. The van der Waals surface area contributed by atoms with Crippen LogP contribution >= 0.6 is 22.6 Å². The van der Waals surface area contributed by atoms with Gasteiger partial charge < -0.3 is 9.84 Å². The Bertz CT molecular complexity index is 248. The molecule has 0 fully saturated rings. The Kier molecular flexibility index (Phi) is 2.99. The predicted octanol–water partition coefficient (Wildman–Crippen LogP) is 2.40. The van der Waals surface area contributed by atoms with Gasteiger partial charge in [-0.3, -0.25) is 0 Å². The minimum Gasteiger partial charge on any atom is -0.504 e. The Hall–Kier alpha value is -0.450. The average Bonchev–Trinajstić information content (AvgIpc) is 1.95. The van der Waals surface area contributed by atoms with E-state index in [-0.39, 0.29) is 5.75 Å². The number of phenols is 1.